The minimum Gasteiger partial charge on any atom is -0.370 e. The third kappa shape index (κ3) is 3.45. The van der Waals surface area contributed by atoms with Crippen molar-refractivity contribution in [3.05, 3.63) is 23.9 Å². The van der Waals surface area contributed by atoms with Crippen molar-refractivity contribution >= 4 is 11.7 Å². The largest absolute Gasteiger partial charge is 0.370 e. The van der Waals surface area contributed by atoms with Crippen LogP contribution in [-0.2, 0) is 0 Å². The number of pyridine rings is 1. The molecule has 0 unspecified atom stereocenters. The smallest absolute Gasteiger partial charge is 0.251 e. The van der Waals surface area contributed by atoms with Crippen LogP contribution in [0.3, 0.4) is 0 Å². The average molecular weight is 247 g/mol. The Hall–Kier alpha value is -1.58. The van der Waals surface area contributed by atoms with Crippen molar-refractivity contribution in [3.63, 3.8) is 0 Å². The molecule has 98 valence electrons. The fraction of sp³-hybridized carbons (Fsp3) is 0.571. The van der Waals surface area contributed by atoms with Crippen LogP contribution >= 0.6 is 0 Å². The van der Waals surface area contributed by atoms with Gasteiger partial charge in [-0.3, -0.25) is 4.79 Å². The Balaban J connectivity index is 1.96. The van der Waals surface area contributed by atoms with Gasteiger partial charge in [0, 0.05) is 24.3 Å². The van der Waals surface area contributed by atoms with Gasteiger partial charge in [-0.15, -0.1) is 0 Å². The van der Waals surface area contributed by atoms with Gasteiger partial charge >= 0.3 is 0 Å². The normalized spacial score (nSPS) is 16.3. The highest BCUT2D eigenvalue weighted by molar-refractivity contribution is 5.94. The van der Waals surface area contributed by atoms with Crippen LogP contribution in [0.5, 0.6) is 0 Å². The highest BCUT2D eigenvalue weighted by Crippen LogP contribution is 2.18. The zero-order valence-corrected chi connectivity index (χ0v) is 10.9. The summed E-state index contributed by atoms with van der Waals surface area (Å²) >= 11 is 0. The third-order valence-electron chi connectivity index (χ3n) is 3.32. The molecule has 1 fully saturated rings. The van der Waals surface area contributed by atoms with Gasteiger partial charge in [0.05, 0.1) is 0 Å². The minimum absolute atomic E-state index is 0.0171. The zero-order chi connectivity index (χ0) is 12.8. The number of nitrogens with zero attached hydrogens (tertiary/aromatic N) is 1. The quantitative estimate of drug-likeness (QED) is 0.859. The first-order valence-electron chi connectivity index (χ1n) is 6.80. The number of carbonyl (C=O) groups is 1. The lowest BCUT2D eigenvalue weighted by Gasteiger charge is -2.22. The Morgan fingerprint density at radius 2 is 2.17 bits per heavy atom. The summed E-state index contributed by atoms with van der Waals surface area (Å²) in [4.78, 5) is 16.3. The maximum absolute atomic E-state index is 12.1. The van der Waals surface area contributed by atoms with E-state index in [9.17, 15) is 4.79 Å². The average Bonchev–Trinajstić information content (AvgIpc) is 2.40. The van der Waals surface area contributed by atoms with Crippen LogP contribution in [0.1, 0.15) is 49.4 Å². The lowest BCUT2D eigenvalue weighted by molar-refractivity contribution is 0.0927. The van der Waals surface area contributed by atoms with Gasteiger partial charge in [0.15, 0.2) is 0 Å². The Bertz CT molecular complexity index is 400. The second kappa shape index (κ2) is 6.38. The summed E-state index contributed by atoms with van der Waals surface area (Å²) in [5.41, 5.74) is 0.687. The predicted octanol–water partition coefficient (Wildman–Crippen LogP) is 2.58. The summed E-state index contributed by atoms with van der Waals surface area (Å²) in [5.74, 6) is 0.775. The predicted molar refractivity (Wildman–Crippen MR) is 72.7 cm³/mol. The SMILES string of the molecule is CCNc1cc(C(=O)NC2CCCCC2)ccn1. The number of hydrogen-bond acceptors (Lipinski definition) is 3. The van der Waals surface area contributed by atoms with E-state index in [-0.39, 0.29) is 5.91 Å². The van der Waals surface area contributed by atoms with Crippen molar-refractivity contribution in [3.8, 4) is 0 Å². The van der Waals surface area contributed by atoms with Crippen molar-refractivity contribution in [1.29, 1.82) is 0 Å². The molecule has 1 aliphatic carbocycles. The summed E-state index contributed by atoms with van der Waals surface area (Å²) in [6.07, 6.45) is 7.64. The van der Waals surface area contributed by atoms with Crippen LogP contribution in [0.4, 0.5) is 5.82 Å². The van der Waals surface area contributed by atoms with Gasteiger partial charge in [0.25, 0.3) is 5.91 Å². The van der Waals surface area contributed by atoms with Crippen LogP contribution in [-0.4, -0.2) is 23.5 Å². The molecule has 0 spiro atoms. The molecular weight excluding hydrogens is 226 g/mol. The molecule has 2 N–H and O–H groups in total. The van der Waals surface area contributed by atoms with E-state index in [1.807, 2.05) is 13.0 Å². The van der Waals surface area contributed by atoms with Crippen molar-refractivity contribution in [1.82, 2.24) is 10.3 Å². The first-order chi connectivity index (χ1) is 8.79. The number of anilines is 1. The molecule has 4 nitrogen and oxygen atoms in total. The fourth-order valence-corrected chi connectivity index (χ4v) is 2.37. The van der Waals surface area contributed by atoms with Crippen molar-refractivity contribution in [2.75, 3.05) is 11.9 Å². The Morgan fingerprint density at radius 1 is 1.39 bits per heavy atom. The van der Waals surface area contributed by atoms with Crippen molar-refractivity contribution in [2.24, 2.45) is 0 Å². The van der Waals surface area contributed by atoms with E-state index < -0.39 is 0 Å². The first kappa shape index (κ1) is 12.9. The highest BCUT2D eigenvalue weighted by Gasteiger charge is 2.16. The molecule has 18 heavy (non-hydrogen) atoms. The molecule has 0 atom stereocenters. The molecule has 1 aliphatic rings. The summed E-state index contributed by atoms with van der Waals surface area (Å²) in [7, 11) is 0. The monoisotopic (exact) mass is 247 g/mol. The summed E-state index contributed by atoms with van der Waals surface area (Å²) in [5, 5.41) is 6.23. The van der Waals surface area contributed by atoms with Gasteiger partial charge in [-0.2, -0.15) is 0 Å². The fourth-order valence-electron chi connectivity index (χ4n) is 2.37. The molecular formula is C14H21N3O. The molecule has 0 bridgehead atoms. The van der Waals surface area contributed by atoms with Crippen molar-refractivity contribution < 1.29 is 4.79 Å². The van der Waals surface area contributed by atoms with E-state index in [0.717, 1.165) is 25.2 Å². The lowest BCUT2D eigenvalue weighted by atomic mass is 9.95. The molecule has 0 aromatic carbocycles. The van der Waals surface area contributed by atoms with Crippen molar-refractivity contribution in [2.45, 2.75) is 45.1 Å². The zero-order valence-electron chi connectivity index (χ0n) is 10.9. The second-order valence-electron chi connectivity index (χ2n) is 4.77. The van der Waals surface area contributed by atoms with Gasteiger partial charge in [0.2, 0.25) is 0 Å². The lowest BCUT2D eigenvalue weighted by Crippen LogP contribution is -2.36. The summed E-state index contributed by atoms with van der Waals surface area (Å²) in [6.45, 7) is 2.82. The molecule has 0 radical (unpaired) electrons. The third-order valence-corrected chi connectivity index (χ3v) is 3.32. The number of amides is 1. The number of rotatable bonds is 4. The van der Waals surface area contributed by atoms with Gasteiger partial charge in [0.1, 0.15) is 5.82 Å². The molecule has 0 saturated heterocycles. The Labute approximate surface area is 108 Å². The Morgan fingerprint density at radius 3 is 2.89 bits per heavy atom. The van der Waals surface area contributed by atoms with Crippen LogP contribution in [0, 0.1) is 0 Å². The first-order valence-corrected chi connectivity index (χ1v) is 6.80. The van der Waals surface area contributed by atoms with E-state index in [2.05, 4.69) is 15.6 Å². The van der Waals surface area contributed by atoms with Gasteiger partial charge in [-0.05, 0) is 31.9 Å². The van der Waals surface area contributed by atoms with E-state index in [4.69, 9.17) is 0 Å². The molecule has 4 heteroatoms. The maximum Gasteiger partial charge on any atom is 0.251 e. The molecule has 1 aromatic rings. The summed E-state index contributed by atoms with van der Waals surface area (Å²) in [6, 6.07) is 3.92. The van der Waals surface area contributed by atoms with Crippen LogP contribution in [0.25, 0.3) is 0 Å². The molecule has 2 rings (SSSR count). The number of hydrogen-bond donors (Lipinski definition) is 2. The Kier molecular flexibility index (Phi) is 4.56. The van der Waals surface area contributed by atoms with Gasteiger partial charge in [-0.25, -0.2) is 4.98 Å². The van der Waals surface area contributed by atoms with Crippen LogP contribution in [0.2, 0.25) is 0 Å². The van der Waals surface area contributed by atoms with E-state index in [0.29, 0.717) is 11.6 Å². The second-order valence-corrected chi connectivity index (χ2v) is 4.77. The topological polar surface area (TPSA) is 54.0 Å². The molecule has 1 saturated carbocycles. The van der Waals surface area contributed by atoms with E-state index in [1.54, 1.807) is 12.3 Å². The minimum atomic E-state index is 0.0171. The van der Waals surface area contributed by atoms with Gasteiger partial charge in [-0.1, -0.05) is 19.3 Å². The summed E-state index contributed by atoms with van der Waals surface area (Å²) < 4.78 is 0. The standard InChI is InChI=1S/C14H21N3O/c1-2-15-13-10-11(8-9-16-13)14(18)17-12-6-4-3-5-7-12/h8-10,12H,2-7H2,1H3,(H,15,16)(H,17,18). The van der Waals surface area contributed by atoms with Crippen LogP contribution < -0.4 is 10.6 Å². The number of aromatic nitrogens is 1. The number of carbonyl (C=O) groups excluding carboxylic acids is 1. The highest BCUT2D eigenvalue weighted by atomic mass is 16.1. The maximum atomic E-state index is 12.1. The van der Waals surface area contributed by atoms with Gasteiger partial charge < -0.3 is 10.6 Å². The molecule has 1 aromatic heterocycles. The van der Waals surface area contributed by atoms with Crippen LogP contribution in [0.15, 0.2) is 18.3 Å². The van der Waals surface area contributed by atoms with E-state index >= 15 is 0 Å². The number of nitrogens with one attached hydrogen (secondary N) is 2. The molecule has 1 heterocycles. The molecule has 0 aliphatic heterocycles. The molecule has 1 amide bonds. The van der Waals surface area contributed by atoms with E-state index in [1.165, 1.54) is 19.3 Å².